The summed E-state index contributed by atoms with van der Waals surface area (Å²) in [5.41, 5.74) is 0.399. The molecule has 1 saturated carbocycles. The van der Waals surface area contributed by atoms with Crippen LogP contribution in [0.2, 0.25) is 0 Å². The van der Waals surface area contributed by atoms with Crippen LogP contribution >= 0.6 is 0 Å². The van der Waals surface area contributed by atoms with Gasteiger partial charge in [0.15, 0.2) is 5.69 Å². The topological polar surface area (TPSA) is 78.7 Å². The summed E-state index contributed by atoms with van der Waals surface area (Å²) in [6, 6.07) is 2.60. The molecule has 3 fully saturated rings. The molecular weight excluding hydrogens is 332 g/mol. The molecule has 0 bridgehead atoms. The van der Waals surface area contributed by atoms with Crippen LogP contribution in [0.25, 0.3) is 0 Å². The lowest BCUT2D eigenvalue weighted by atomic mass is 9.93. The summed E-state index contributed by atoms with van der Waals surface area (Å²) in [5.74, 6) is 0.987. The molecule has 2 amide bonds. The number of aromatic nitrogens is 1. The molecule has 7 nitrogen and oxygen atoms in total. The van der Waals surface area contributed by atoms with Gasteiger partial charge in [0, 0.05) is 37.8 Å². The molecule has 142 valence electrons. The molecular formula is C19H28N4O3. The molecule has 1 aliphatic carbocycles. The van der Waals surface area contributed by atoms with Crippen LogP contribution < -0.4 is 5.32 Å². The molecule has 3 heterocycles. The van der Waals surface area contributed by atoms with E-state index in [1.807, 2.05) is 4.90 Å². The van der Waals surface area contributed by atoms with E-state index in [-0.39, 0.29) is 17.7 Å². The van der Waals surface area contributed by atoms with E-state index in [0.29, 0.717) is 23.5 Å². The van der Waals surface area contributed by atoms with Crippen LogP contribution in [-0.2, 0) is 4.79 Å². The van der Waals surface area contributed by atoms with E-state index in [2.05, 4.69) is 15.4 Å². The number of nitrogens with one attached hydrogen (secondary N) is 1. The number of hydrogen-bond acceptors (Lipinski definition) is 5. The number of likely N-dealkylation sites (tertiary alicyclic amines) is 2. The molecule has 1 atom stereocenters. The van der Waals surface area contributed by atoms with Crippen LogP contribution in [0.1, 0.15) is 54.8 Å². The van der Waals surface area contributed by atoms with Crippen LogP contribution in [0.3, 0.4) is 0 Å². The van der Waals surface area contributed by atoms with E-state index in [1.54, 1.807) is 13.0 Å². The molecule has 1 N–H and O–H groups in total. The van der Waals surface area contributed by atoms with Crippen molar-refractivity contribution in [3.63, 3.8) is 0 Å². The highest BCUT2D eigenvalue weighted by atomic mass is 16.5. The predicted octanol–water partition coefficient (Wildman–Crippen LogP) is 1.58. The van der Waals surface area contributed by atoms with Gasteiger partial charge in [0.05, 0.1) is 5.92 Å². The number of carbonyl (C=O) groups is 2. The summed E-state index contributed by atoms with van der Waals surface area (Å²) >= 11 is 0. The van der Waals surface area contributed by atoms with Crippen molar-refractivity contribution in [2.24, 2.45) is 5.92 Å². The van der Waals surface area contributed by atoms with Crippen molar-refractivity contribution in [1.82, 2.24) is 20.3 Å². The quantitative estimate of drug-likeness (QED) is 0.882. The van der Waals surface area contributed by atoms with Gasteiger partial charge < -0.3 is 14.7 Å². The van der Waals surface area contributed by atoms with Gasteiger partial charge in [-0.3, -0.25) is 14.5 Å². The lowest BCUT2D eigenvalue weighted by Gasteiger charge is -2.41. The Balaban J connectivity index is 1.28. The average Bonchev–Trinajstić information content (AvgIpc) is 3.38. The number of piperidine rings is 2. The molecule has 0 aromatic carbocycles. The van der Waals surface area contributed by atoms with Gasteiger partial charge in [0.25, 0.3) is 5.91 Å². The van der Waals surface area contributed by atoms with Crippen LogP contribution in [0.4, 0.5) is 0 Å². The zero-order chi connectivity index (χ0) is 18.1. The monoisotopic (exact) mass is 360 g/mol. The third kappa shape index (κ3) is 3.92. The fraction of sp³-hybridized carbons (Fsp3) is 0.737. The summed E-state index contributed by atoms with van der Waals surface area (Å²) in [5, 5.41) is 6.99. The number of amides is 2. The van der Waals surface area contributed by atoms with E-state index >= 15 is 0 Å². The SMILES string of the molecule is Cc1cc(C(=O)N2CCC(N3CCC[C@@H](C(=O)NC4CC4)C3)CC2)no1. The number of aryl methyl sites for hydroxylation is 1. The normalized spacial score (nSPS) is 25.3. The van der Waals surface area contributed by atoms with E-state index in [1.165, 1.54) is 0 Å². The number of hydrogen-bond donors (Lipinski definition) is 1. The Labute approximate surface area is 154 Å². The number of rotatable bonds is 4. The standard InChI is InChI=1S/C19H28N4O3/c1-13-11-17(21-26-13)19(25)22-9-6-16(7-10-22)23-8-2-3-14(12-23)18(24)20-15-4-5-15/h11,14-16H,2-10,12H2,1H3,(H,20,24)/t14-/m1/s1. The molecule has 0 radical (unpaired) electrons. The summed E-state index contributed by atoms with van der Waals surface area (Å²) in [6.45, 7) is 5.20. The highest BCUT2D eigenvalue weighted by Crippen LogP contribution is 2.26. The fourth-order valence-corrected chi connectivity index (χ4v) is 4.16. The Hall–Kier alpha value is -1.89. The first kappa shape index (κ1) is 17.5. The molecule has 2 aliphatic heterocycles. The van der Waals surface area contributed by atoms with Gasteiger partial charge in [-0.05, 0) is 52.0 Å². The van der Waals surface area contributed by atoms with Gasteiger partial charge >= 0.3 is 0 Å². The highest BCUT2D eigenvalue weighted by molar-refractivity contribution is 5.92. The van der Waals surface area contributed by atoms with E-state index in [4.69, 9.17) is 4.52 Å². The lowest BCUT2D eigenvalue weighted by molar-refractivity contribution is -0.127. The molecule has 0 unspecified atom stereocenters. The first-order valence-corrected chi connectivity index (χ1v) is 9.87. The minimum Gasteiger partial charge on any atom is -0.361 e. The van der Waals surface area contributed by atoms with Crippen molar-refractivity contribution in [3.8, 4) is 0 Å². The summed E-state index contributed by atoms with van der Waals surface area (Å²) in [4.78, 5) is 29.2. The third-order valence-electron chi connectivity index (χ3n) is 5.86. The maximum absolute atomic E-state index is 12.5. The molecule has 3 aliphatic rings. The number of nitrogens with zero attached hydrogens (tertiary/aromatic N) is 3. The van der Waals surface area contributed by atoms with Crippen molar-refractivity contribution in [3.05, 3.63) is 17.5 Å². The van der Waals surface area contributed by atoms with E-state index in [0.717, 1.165) is 64.7 Å². The Bertz CT molecular complexity index is 661. The highest BCUT2D eigenvalue weighted by Gasteiger charge is 2.34. The van der Waals surface area contributed by atoms with Crippen molar-refractivity contribution in [2.75, 3.05) is 26.2 Å². The maximum atomic E-state index is 12.5. The molecule has 1 aromatic rings. The van der Waals surface area contributed by atoms with Crippen molar-refractivity contribution in [2.45, 2.75) is 57.5 Å². The summed E-state index contributed by atoms with van der Waals surface area (Å²) < 4.78 is 5.02. The first-order valence-electron chi connectivity index (χ1n) is 9.87. The van der Waals surface area contributed by atoms with E-state index in [9.17, 15) is 9.59 Å². The van der Waals surface area contributed by atoms with Crippen LogP contribution in [-0.4, -0.2) is 65.0 Å². The van der Waals surface area contributed by atoms with E-state index < -0.39 is 0 Å². The van der Waals surface area contributed by atoms with Gasteiger partial charge in [-0.2, -0.15) is 0 Å². The Kier molecular flexibility index (Phi) is 4.98. The second-order valence-corrected chi connectivity index (χ2v) is 7.96. The molecule has 26 heavy (non-hydrogen) atoms. The molecule has 2 saturated heterocycles. The average molecular weight is 360 g/mol. The summed E-state index contributed by atoms with van der Waals surface area (Å²) in [7, 11) is 0. The van der Waals surface area contributed by atoms with Gasteiger partial charge in [-0.25, -0.2) is 0 Å². The Morgan fingerprint density at radius 1 is 1.15 bits per heavy atom. The zero-order valence-electron chi connectivity index (χ0n) is 15.4. The maximum Gasteiger partial charge on any atom is 0.276 e. The van der Waals surface area contributed by atoms with Crippen molar-refractivity contribution < 1.29 is 14.1 Å². The van der Waals surface area contributed by atoms with Gasteiger partial charge in [0.2, 0.25) is 5.91 Å². The second-order valence-electron chi connectivity index (χ2n) is 7.96. The number of carbonyl (C=O) groups excluding carboxylic acids is 2. The van der Waals surface area contributed by atoms with Crippen molar-refractivity contribution >= 4 is 11.8 Å². The summed E-state index contributed by atoms with van der Waals surface area (Å²) in [6.07, 6.45) is 6.27. The smallest absolute Gasteiger partial charge is 0.276 e. The van der Waals surface area contributed by atoms with Crippen LogP contribution in [0.15, 0.2) is 10.6 Å². The molecule has 0 spiro atoms. The minimum absolute atomic E-state index is 0.0411. The van der Waals surface area contributed by atoms with Crippen LogP contribution in [0, 0.1) is 12.8 Å². The van der Waals surface area contributed by atoms with Crippen molar-refractivity contribution in [1.29, 1.82) is 0 Å². The molecule has 4 rings (SSSR count). The lowest BCUT2D eigenvalue weighted by Crippen LogP contribution is -2.51. The van der Waals surface area contributed by atoms with Gasteiger partial charge in [-0.1, -0.05) is 5.16 Å². The largest absolute Gasteiger partial charge is 0.361 e. The second kappa shape index (κ2) is 7.39. The molecule has 7 heteroatoms. The minimum atomic E-state index is -0.0411. The predicted molar refractivity (Wildman–Crippen MR) is 95.6 cm³/mol. The Morgan fingerprint density at radius 3 is 2.58 bits per heavy atom. The molecule has 1 aromatic heterocycles. The van der Waals surface area contributed by atoms with Gasteiger partial charge in [-0.15, -0.1) is 0 Å². The van der Waals surface area contributed by atoms with Gasteiger partial charge in [0.1, 0.15) is 5.76 Å². The first-order chi connectivity index (χ1) is 12.6. The zero-order valence-corrected chi connectivity index (χ0v) is 15.4. The van der Waals surface area contributed by atoms with Crippen LogP contribution in [0.5, 0.6) is 0 Å². The fourth-order valence-electron chi connectivity index (χ4n) is 4.16. The Morgan fingerprint density at radius 2 is 1.92 bits per heavy atom. The third-order valence-corrected chi connectivity index (χ3v) is 5.86.